The van der Waals surface area contributed by atoms with Crippen LogP contribution in [0.1, 0.15) is 16.1 Å². The third kappa shape index (κ3) is 2.71. The minimum Gasteiger partial charge on any atom is -0.497 e. The van der Waals surface area contributed by atoms with Gasteiger partial charge in [0.2, 0.25) is 0 Å². The summed E-state index contributed by atoms with van der Waals surface area (Å²) in [5, 5.41) is 9.26. The van der Waals surface area contributed by atoms with E-state index in [1.54, 1.807) is 31.2 Å². The van der Waals surface area contributed by atoms with Crippen LogP contribution in [0.15, 0.2) is 36.4 Å². The highest BCUT2D eigenvalue weighted by Crippen LogP contribution is 2.28. The number of aromatic carboxylic acids is 1. The number of nitrogens with zero attached hydrogens (tertiary/aromatic N) is 2. The Balaban J connectivity index is 2.49. The number of carbonyl (C=O) groups is 1. The van der Waals surface area contributed by atoms with E-state index in [0.717, 1.165) is 11.4 Å². The molecule has 0 saturated carbocycles. The molecular weight excluding hydrogens is 256 g/mol. The van der Waals surface area contributed by atoms with E-state index in [9.17, 15) is 9.90 Å². The van der Waals surface area contributed by atoms with Crippen LogP contribution in [0.5, 0.6) is 5.75 Å². The van der Waals surface area contributed by atoms with Crippen molar-refractivity contribution in [3.05, 3.63) is 47.7 Å². The SMILES string of the molecule is COc1cccc(N(C)c2nc(C)ccc2C(=O)O)c1. The molecule has 0 atom stereocenters. The van der Waals surface area contributed by atoms with Crippen molar-refractivity contribution in [2.75, 3.05) is 19.1 Å². The number of hydrogen-bond acceptors (Lipinski definition) is 4. The molecule has 2 aromatic rings. The summed E-state index contributed by atoms with van der Waals surface area (Å²) in [6.07, 6.45) is 0. The lowest BCUT2D eigenvalue weighted by Crippen LogP contribution is -2.16. The van der Waals surface area contributed by atoms with E-state index >= 15 is 0 Å². The maximum absolute atomic E-state index is 11.3. The largest absolute Gasteiger partial charge is 0.497 e. The first-order chi connectivity index (χ1) is 9.52. The second kappa shape index (κ2) is 5.61. The summed E-state index contributed by atoms with van der Waals surface area (Å²) in [6, 6.07) is 10.6. The Hall–Kier alpha value is -2.56. The first-order valence-corrected chi connectivity index (χ1v) is 6.11. The standard InChI is InChI=1S/C15H16N2O3/c1-10-7-8-13(15(18)19)14(16-10)17(2)11-5-4-6-12(9-11)20-3/h4-9H,1-3H3,(H,18,19). The number of anilines is 2. The Bertz CT molecular complexity index is 641. The zero-order chi connectivity index (χ0) is 14.7. The van der Waals surface area contributed by atoms with E-state index in [0.29, 0.717) is 11.6 Å². The van der Waals surface area contributed by atoms with E-state index in [4.69, 9.17) is 4.74 Å². The molecule has 0 unspecified atom stereocenters. The van der Waals surface area contributed by atoms with E-state index in [1.807, 2.05) is 31.2 Å². The van der Waals surface area contributed by atoms with Gasteiger partial charge in [-0.25, -0.2) is 9.78 Å². The van der Waals surface area contributed by atoms with Gasteiger partial charge in [0.05, 0.1) is 7.11 Å². The van der Waals surface area contributed by atoms with Crippen molar-refractivity contribution in [2.24, 2.45) is 0 Å². The lowest BCUT2D eigenvalue weighted by Gasteiger charge is -2.21. The van der Waals surface area contributed by atoms with Crippen LogP contribution in [0.4, 0.5) is 11.5 Å². The molecule has 1 N–H and O–H groups in total. The fourth-order valence-electron chi connectivity index (χ4n) is 1.91. The molecule has 1 heterocycles. The monoisotopic (exact) mass is 272 g/mol. The van der Waals surface area contributed by atoms with Gasteiger partial charge in [0.15, 0.2) is 0 Å². The molecule has 0 aliphatic carbocycles. The van der Waals surface area contributed by atoms with Crippen molar-refractivity contribution in [1.82, 2.24) is 4.98 Å². The zero-order valence-electron chi connectivity index (χ0n) is 11.6. The summed E-state index contributed by atoms with van der Waals surface area (Å²) in [7, 11) is 3.37. The molecule has 1 aromatic heterocycles. The molecule has 0 fully saturated rings. The van der Waals surface area contributed by atoms with Crippen molar-refractivity contribution >= 4 is 17.5 Å². The number of aromatic nitrogens is 1. The Morgan fingerprint density at radius 1 is 1.30 bits per heavy atom. The molecule has 5 heteroatoms. The van der Waals surface area contributed by atoms with Crippen molar-refractivity contribution in [2.45, 2.75) is 6.92 Å². The van der Waals surface area contributed by atoms with Crippen LogP contribution in [0.25, 0.3) is 0 Å². The number of benzene rings is 1. The van der Waals surface area contributed by atoms with E-state index in [2.05, 4.69) is 4.98 Å². The number of carboxylic acid groups (broad SMARTS) is 1. The third-order valence-electron chi connectivity index (χ3n) is 3.00. The molecular formula is C15H16N2O3. The van der Waals surface area contributed by atoms with Crippen molar-refractivity contribution in [1.29, 1.82) is 0 Å². The van der Waals surface area contributed by atoms with Crippen LogP contribution in [-0.2, 0) is 0 Å². The quantitative estimate of drug-likeness (QED) is 0.927. The molecule has 20 heavy (non-hydrogen) atoms. The molecule has 0 amide bonds. The number of rotatable bonds is 4. The van der Waals surface area contributed by atoms with Gasteiger partial charge in [0, 0.05) is 24.5 Å². The molecule has 0 radical (unpaired) electrons. The van der Waals surface area contributed by atoms with Crippen molar-refractivity contribution in [3.8, 4) is 5.75 Å². The second-order valence-corrected chi connectivity index (χ2v) is 4.39. The summed E-state index contributed by atoms with van der Waals surface area (Å²) < 4.78 is 5.18. The molecule has 104 valence electrons. The number of ether oxygens (including phenoxy) is 1. The maximum atomic E-state index is 11.3. The van der Waals surface area contributed by atoms with Gasteiger partial charge < -0.3 is 14.7 Å². The number of aryl methyl sites for hydroxylation is 1. The first kappa shape index (κ1) is 13.9. The lowest BCUT2D eigenvalue weighted by atomic mass is 10.2. The molecule has 0 spiro atoms. The van der Waals surface area contributed by atoms with Crippen LogP contribution in [-0.4, -0.2) is 30.2 Å². The predicted molar refractivity (Wildman–Crippen MR) is 77.0 cm³/mol. The average Bonchev–Trinajstić information content (AvgIpc) is 2.46. The summed E-state index contributed by atoms with van der Waals surface area (Å²) >= 11 is 0. The second-order valence-electron chi connectivity index (χ2n) is 4.39. The van der Waals surface area contributed by atoms with Gasteiger partial charge in [-0.05, 0) is 31.2 Å². The fraction of sp³-hybridized carbons (Fsp3) is 0.200. The summed E-state index contributed by atoms with van der Waals surface area (Å²) in [5.74, 6) is 0.117. The molecule has 0 saturated heterocycles. The number of methoxy groups -OCH3 is 1. The van der Waals surface area contributed by atoms with Crippen LogP contribution in [0, 0.1) is 6.92 Å². The number of hydrogen-bond donors (Lipinski definition) is 1. The highest BCUT2D eigenvalue weighted by Gasteiger charge is 2.16. The normalized spacial score (nSPS) is 10.2. The van der Waals surface area contributed by atoms with Gasteiger partial charge in [-0.1, -0.05) is 6.07 Å². The smallest absolute Gasteiger partial charge is 0.339 e. The fourth-order valence-corrected chi connectivity index (χ4v) is 1.91. The first-order valence-electron chi connectivity index (χ1n) is 6.11. The van der Waals surface area contributed by atoms with Crippen LogP contribution >= 0.6 is 0 Å². The predicted octanol–water partition coefficient (Wildman–Crippen LogP) is 2.86. The van der Waals surface area contributed by atoms with Crippen molar-refractivity contribution < 1.29 is 14.6 Å². The molecule has 0 aliphatic rings. The van der Waals surface area contributed by atoms with E-state index in [-0.39, 0.29) is 5.56 Å². The zero-order valence-corrected chi connectivity index (χ0v) is 11.6. The van der Waals surface area contributed by atoms with Crippen molar-refractivity contribution in [3.63, 3.8) is 0 Å². The molecule has 0 aliphatic heterocycles. The Morgan fingerprint density at radius 2 is 2.05 bits per heavy atom. The minimum absolute atomic E-state index is 0.168. The van der Waals surface area contributed by atoms with Gasteiger partial charge in [-0.3, -0.25) is 0 Å². The van der Waals surface area contributed by atoms with E-state index < -0.39 is 5.97 Å². The molecule has 0 bridgehead atoms. The molecule has 1 aromatic carbocycles. The van der Waals surface area contributed by atoms with Crippen LogP contribution in [0.3, 0.4) is 0 Å². The minimum atomic E-state index is -0.998. The van der Waals surface area contributed by atoms with Crippen LogP contribution < -0.4 is 9.64 Å². The summed E-state index contributed by atoms with van der Waals surface area (Å²) in [6.45, 7) is 1.83. The highest BCUT2D eigenvalue weighted by molar-refractivity contribution is 5.94. The Labute approximate surface area is 117 Å². The van der Waals surface area contributed by atoms with E-state index in [1.165, 1.54) is 0 Å². The van der Waals surface area contributed by atoms with Gasteiger partial charge in [-0.2, -0.15) is 0 Å². The topological polar surface area (TPSA) is 62.7 Å². The maximum Gasteiger partial charge on any atom is 0.339 e. The van der Waals surface area contributed by atoms with Gasteiger partial charge in [0.25, 0.3) is 0 Å². The number of pyridine rings is 1. The van der Waals surface area contributed by atoms with Gasteiger partial charge >= 0.3 is 5.97 Å². The van der Waals surface area contributed by atoms with Crippen LogP contribution in [0.2, 0.25) is 0 Å². The Morgan fingerprint density at radius 3 is 2.70 bits per heavy atom. The third-order valence-corrected chi connectivity index (χ3v) is 3.00. The van der Waals surface area contributed by atoms with Gasteiger partial charge in [0.1, 0.15) is 17.1 Å². The summed E-state index contributed by atoms with van der Waals surface area (Å²) in [4.78, 5) is 17.4. The molecule has 2 rings (SSSR count). The number of carboxylic acids is 1. The Kier molecular flexibility index (Phi) is 3.89. The average molecular weight is 272 g/mol. The summed E-state index contributed by atoms with van der Waals surface area (Å²) in [5.41, 5.74) is 1.74. The van der Waals surface area contributed by atoms with Gasteiger partial charge in [-0.15, -0.1) is 0 Å². The molecule has 5 nitrogen and oxygen atoms in total. The highest BCUT2D eigenvalue weighted by atomic mass is 16.5. The lowest BCUT2D eigenvalue weighted by molar-refractivity contribution is 0.0697.